The summed E-state index contributed by atoms with van der Waals surface area (Å²) in [6.45, 7) is 0. The van der Waals surface area contributed by atoms with Crippen LogP contribution in [0.1, 0.15) is 0 Å². The summed E-state index contributed by atoms with van der Waals surface area (Å²) in [4.78, 5) is 0. The molecule has 0 spiro atoms. The minimum Gasteiger partial charge on any atom is -0.382 e. The highest BCUT2D eigenvalue weighted by Crippen LogP contribution is 2.05. The summed E-state index contributed by atoms with van der Waals surface area (Å²) < 4.78 is 0. The predicted octanol–water partition coefficient (Wildman–Crippen LogP) is -0.866. The quantitative estimate of drug-likeness (QED) is 0.404. The number of nitrogens with zero attached hydrogens (tertiary/aromatic N) is 3. The Kier molecular flexibility index (Phi) is 1.66. The maximum absolute atomic E-state index is 8.84. The molecule has 0 amide bonds. The van der Waals surface area contributed by atoms with Gasteiger partial charge in [0.2, 0.25) is 0 Å². The number of halogens is 1. The fraction of sp³-hybridized carbons (Fsp3) is 0. The molecule has 1 aliphatic heterocycles. The van der Waals surface area contributed by atoms with Crippen molar-refractivity contribution in [1.82, 2.24) is 10.4 Å². The Hall–Kier alpha value is -0.980. The molecule has 10 heavy (non-hydrogen) atoms. The van der Waals surface area contributed by atoms with Gasteiger partial charge in [-0.05, 0) is 0 Å². The van der Waals surface area contributed by atoms with E-state index in [2.05, 4.69) is 5.10 Å². The minimum atomic E-state index is 0.0162. The van der Waals surface area contributed by atoms with Crippen LogP contribution in [0.25, 0.3) is 0 Å². The molecule has 5 N–H and O–H groups in total. The summed E-state index contributed by atoms with van der Waals surface area (Å²) >= 11 is 5.41. The lowest BCUT2D eigenvalue weighted by molar-refractivity contribution is -0.223. The van der Waals surface area contributed by atoms with Crippen LogP contribution in [-0.2, 0) is 0 Å². The van der Waals surface area contributed by atoms with E-state index in [1.165, 1.54) is 6.08 Å². The lowest BCUT2D eigenvalue weighted by Gasteiger charge is -2.25. The molecule has 0 atom stereocenters. The molecule has 6 nitrogen and oxygen atoms in total. The maximum atomic E-state index is 8.84. The zero-order valence-corrected chi connectivity index (χ0v) is 5.65. The van der Waals surface area contributed by atoms with Gasteiger partial charge < -0.3 is 5.73 Å². The molecule has 0 radical (unpaired) electrons. The lowest BCUT2D eigenvalue weighted by Crippen LogP contribution is -2.45. The third-order valence-corrected chi connectivity index (χ3v) is 1.07. The van der Waals surface area contributed by atoms with E-state index < -0.39 is 0 Å². The van der Waals surface area contributed by atoms with Crippen molar-refractivity contribution in [2.45, 2.75) is 0 Å². The average molecular weight is 164 g/mol. The van der Waals surface area contributed by atoms with Crippen LogP contribution in [0.2, 0.25) is 0 Å². The second-order valence-corrected chi connectivity index (χ2v) is 1.99. The van der Waals surface area contributed by atoms with E-state index in [4.69, 9.17) is 28.4 Å². The van der Waals surface area contributed by atoms with Crippen molar-refractivity contribution in [3.8, 4) is 0 Å². The van der Waals surface area contributed by atoms with Gasteiger partial charge in [-0.15, -0.1) is 15.5 Å². The Morgan fingerprint density at radius 2 is 2.30 bits per heavy atom. The lowest BCUT2D eigenvalue weighted by atomic mass is 10.6. The van der Waals surface area contributed by atoms with Crippen molar-refractivity contribution < 1.29 is 5.21 Å². The van der Waals surface area contributed by atoms with Gasteiger partial charge in [0.1, 0.15) is 0 Å². The first-order valence-corrected chi connectivity index (χ1v) is 2.74. The number of hydrazine groups is 2. The molecule has 0 unspecified atom stereocenters. The normalized spacial score (nSPS) is 18.7. The van der Waals surface area contributed by atoms with Gasteiger partial charge >= 0.3 is 0 Å². The maximum Gasteiger partial charge on any atom is 0.156 e. The van der Waals surface area contributed by atoms with Crippen LogP contribution in [0.3, 0.4) is 0 Å². The molecule has 7 heteroatoms. The van der Waals surface area contributed by atoms with Crippen LogP contribution in [0.5, 0.6) is 0 Å². The summed E-state index contributed by atoms with van der Waals surface area (Å²) in [5.74, 6) is 5.09. The highest BCUT2D eigenvalue weighted by Gasteiger charge is 2.14. The number of hydrogen-bond acceptors (Lipinski definition) is 6. The minimum absolute atomic E-state index is 0.0162. The van der Waals surface area contributed by atoms with Crippen molar-refractivity contribution in [2.75, 3.05) is 0 Å². The van der Waals surface area contributed by atoms with E-state index in [9.17, 15) is 0 Å². The van der Waals surface area contributed by atoms with Gasteiger partial charge in [0.05, 0.1) is 0 Å². The van der Waals surface area contributed by atoms with Gasteiger partial charge in [0, 0.05) is 6.08 Å². The van der Waals surface area contributed by atoms with Crippen molar-refractivity contribution in [1.29, 1.82) is 0 Å². The largest absolute Gasteiger partial charge is 0.382 e. The molecular weight excluding hydrogens is 158 g/mol. The zero-order valence-electron chi connectivity index (χ0n) is 4.90. The third-order valence-electron chi connectivity index (χ3n) is 0.890. The van der Waals surface area contributed by atoms with Gasteiger partial charge in [-0.25, -0.2) is 5.84 Å². The Bertz CT molecular complexity index is 201. The number of nitrogens with two attached hydrogens (primary N) is 2. The monoisotopic (exact) mass is 163 g/mol. The average Bonchev–Trinajstić information content (AvgIpc) is 1.82. The topological polar surface area (TPSA) is 91.1 Å². The van der Waals surface area contributed by atoms with Crippen molar-refractivity contribution in [2.24, 2.45) is 16.7 Å². The number of hydroxylamine groups is 1. The Morgan fingerprint density at radius 1 is 1.70 bits per heavy atom. The van der Waals surface area contributed by atoms with E-state index >= 15 is 0 Å². The zero-order chi connectivity index (χ0) is 7.72. The summed E-state index contributed by atoms with van der Waals surface area (Å²) in [7, 11) is 0. The standard InChI is InChI=1S/C3H6ClN5O/c4-2-1-3(5)8(10)9(6)7-2/h1,10H,5-6H2. The fourth-order valence-electron chi connectivity index (χ4n) is 0.467. The third kappa shape index (κ3) is 1.13. The summed E-state index contributed by atoms with van der Waals surface area (Å²) in [6, 6.07) is 0. The molecule has 0 saturated heterocycles. The van der Waals surface area contributed by atoms with E-state index in [-0.39, 0.29) is 11.0 Å². The van der Waals surface area contributed by atoms with Gasteiger partial charge in [0.15, 0.2) is 11.0 Å². The highest BCUT2D eigenvalue weighted by atomic mass is 35.5. The Balaban J connectivity index is 2.85. The molecule has 0 bridgehead atoms. The van der Waals surface area contributed by atoms with Crippen molar-refractivity contribution in [3.05, 3.63) is 11.9 Å². The first kappa shape index (κ1) is 7.13. The van der Waals surface area contributed by atoms with Gasteiger partial charge in [-0.3, -0.25) is 5.21 Å². The molecule has 1 rings (SSSR count). The van der Waals surface area contributed by atoms with Crippen LogP contribution in [-0.4, -0.2) is 20.8 Å². The molecule has 0 aliphatic carbocycles. The first-order chi connectivity index (χ1) is 4.61. The van der Waals surface area contributed by atoms with E-state index in [1.54, 1.807) is 0 Å². The Labute approximate surface area is 61.8 Å². The highest BCUT2D eigenvalue weighted by molar-refractivity contribution is 6.68. The molecule has 56 valence electrons. The second-order valence-electron chi connectivity index (χ2n) is 1.60. The van der Waals surface area contributed by atoms with Crippen molar-refractivity contribution >= 4 is 16.8 Å². The summed E-state index contributed by atoms with van der Waals surface area (Å²) in [5, 5.41) is 13.5. The Morgan fingerprint density at radius 3 is 2.80 bits per heavy atom. The molecule has 0 aromatic rings. The summed E-state index contributed by atoms with van der Waals surface area (Å²) in [6.07, 6.45) is 1.27. The van der Waals surface area contributed by atoms with E-state index in [1.807, 2.05) is 0 Å². The molecule has 0 aromatic carbocycles. The van der Waals surface area contributed by atoms with Crippen LogP contribution < -0.4 is 11.6 Å². The van der Waals surface area contributed by atoms with Gasteiger partial charge in [-0.2, -0.15) is 0 Å². The van der Waals surface area contributed by atoms with E-state index in [0.717, 1.165) is 0 Å². The second kappa shape index (κ2) is 2.33. The van der Waals surface area contributed by atoms with Crippen LogP contribution in [0, 0.1) is 0 Å². The molecule has 1 aliphatic rings. The SMILES string of the molecule is NC1=CC(Cl)=NN(N)N1O. The number of rotatable bonds is 0. The number of hydrogen-bond donors (Lipinski definition) is 3. The number of allylic oxidation sites excluding steroid dienone is 1. The predicted molar refractivity (Wildman–Crippen MR) is 35.2 cm³/mol. The smallest absolute Gasteiger partial charge is 0.156 e. The molecule has 0 aromatic heterocycles. The molecule has 0 fully saturated rings. The summed E-state index contributed by atoms with van der Waals surface area (Å²) in [5.41, 5.74) is 5.21. The van der Waals surface area contributed by atoms with Crippen LogP contribution in [0.4, 0.5) is 0 Å². The van der Waals surface area contributed by atoms with Crippen LogP contribution in [0.15, 0.2) is 17.0 Å². The first-order valence-electron chi connectivity index (χ1n) is 2.36. The molecule has 1 heterocycles. The van der Waals surface area contributed by atoms with Crippen LogP contribution >= 0.6 is 11.6 Å². The fourth-order valence-corrected chi connectivity index (χ4v) is 0.656. The van der Waals surface area contributed by atoms with Crippen molar-refractivity contribution in [3.63, 3.8) is 0 Å². The van der Waals surface area contributed by atoms with Gasteiger partial charge in [0.25, 0.3) is 0 Å². The molecular formula is C3H6ClN5O. The van der Waals surface area contributed by atoms with Gasteiger partial charge in [-0.1, -0.05) is 11.6 Å². The number of hydrazone groups is 1. The van der Waals surface area contributed by atoms with E-state index in [0.29, 0.717) is 10.4 Å². The molecule has 0 saturated carbocycles.